The van der Waals surface area contributed by atoms with Crippen LogP contribution < -0.4 is 4.74 Å². The lowest BCUT2D eigenvalue weighted by atomic mass is 10.1. The second-order valence-corrected chi connectivity index (χ2v) is 6.28. The van der Waals surface area contributed by atoms with E-state index in [4.69, 9.17) is 14.2 Å². The van der Waals surface area contributed by atoms with Crippen LogP contribution in [-0.2, 0) is 16.1 Å². The van der Waals surface area contributed by atoms with E-state index in [1.54, 1.807) is 61.7 Å². The van der Waals surface area contributed by atoms with Crippen LogP contribution in [0.2, 0.25) is 0 Å². The van der Waals surface area contributed by atoms with Crippen molar-refractivity contribution in [1.82, 2.24) is 4.98 Å². The monoisotopic (exact) mass is 375 g/mol. The zero-order valence-corrected chi connectivity index (χ0v) is 15.1. The molecular formula is C22H17NO5. The van der Waals surface area contributed by atoms with Crippen molar-refractivity contribution in [2.75, 3.05) is 0 Å². The van der Waals surface area contributed by atoms with E-state index in [0.29, 0.717) is 27.9 Å². The molecule has 6 nitrogen and oxygen atoms in total. The van der Waals surface area contributed by atoms with E-state index in [-0.39, 0.29) is 12.4 Å². The van der Waals surface area contributed by atoms with E-state index in [1.807, 2.05) is 12.1 Å². The minimum atomic E-state index is -0.969. The number of fused-ring (bicyclic) bond motifs is 1. The van der Waals surface area contributed by atoms with Crippen molar-refractivity contribution < 1.29 is 23.8 Å². The average molecular weight is 375 g/mol. The van der Waals surface area contributed by atoms with Gasteiger partial charge in [0.25, 0.3) is 0 Å². The maximum absolute atomic E-state index is 12.5. The maximum atomic E-state index is 12.5. The molecule has 0 saturated heterocycles. The number of rotatable bonds is 4. The first-order valence-corrected chi connectivity index (χ1v) is 8.76. The zero-order chi connectivity index (χ0) is 19.5. The Labute approximate surface area is 161 Å². The van der Waals surface area contributed by atoms with Crippen LogP contribution in [0, 0.1) is 6.92 Å². The molecular weight excluding hydrogens is 358 g/mol. The summed E-state index contributed by atoms with van der Waals surface area (Å²) in [5.41, 5.74) is 2.56. The summed E-state index contributed by atoms with van der Waals surface area (Å²) in [4.78, 5) is 29.2. The molecule has 6 heteroatoms. The van der Waals surface area contributed by atoms with E-state index in [0.717, 1.165) is 0 Å². The van der Waals surface area contributed by atoms with Gasteiger partial charge in [-0.15, -0.1) is 0 Å². The highest BCUT2D eigenvalue weighted by molar-refractivity contribution is 5.91. The molecule has 2 heterocycles. The molecule has 0 spiro atoms. The van der Waals surface area contributed by atoms with Gasteiger partial charge in [-0.1, -0.05) is 36.4 Å². The van der Waals surface area contributed by atoms with Crippen LogP contribution in [0.4, 0.5) is 0 Å². The van der Waals surface area contributed by atoms with Crippen molar-refractivity contribution >= 4 is 11.9 Å². The largest absolute Gasteiger partial charge is 0.427 e. The lowest BCUT2D eigenvalue weighted by Crippen LogP contribution is -2.15. The summed E-state index contributed by atoms with van der Waals surface area (Å²) in [5.74, 6) is -0.776. The number of hydrogen-bond donors (Lipinski definition) is 0. The third-order valence-electron chi connectivity index (χ3n) is 4.39. The molecule has 0 fully saturated rings. The van der Waals surface area contributed by atoms with Gasteiger partial charge in [0.05, 0.1) is 29.0 Å². The molecule has 2 aromatic carbocycles. The molecule has 4 rings (SSSR count). The molecule has 28 heavy (non-hydrogen) atoms. The van der Waals surface area contributed by atoms with Gasteiger partial charge >= 0.3 is 11.9 Å². The fourth-order valence-electron chi connectivity index (χ4n) is 2.95. The van der Waals surface area contributed by atoms with Crippen LogP contribution in [-0.4, -0.2) is 16.9 Å². The first-order valence-electron chi connectivity index (χ1n) is 8.76. The normalized spacial score (nSPS) is 15.0. The molecule has 0 amide bonds. The van der Waals surface area contributed by atoms with E-state index in [9.17, 15) is 9.59 Å². The maximum Gasteiger partial charge on any atom is 0.343 e. The highest BCUT2D eigenvalue weighted by Crippen LogP contribution is 2.40. The Morgan fingerprint density at radius 2 is 1.57 bits per heavy atom. The van der Waals surface area contributed by atoms with Crippen molar-refractivity contribution in [3.8, 4) is 5.75 Å². The van der Waals surface area contributed by atoms with Crippen LogP contribution in [0.25, 0.3) is 0 Å². The predicted octanol–water partition coefficient (Wildman–Crippen LogP) is 4.00. The zero-order valence-electron chi connectivity index (χ0n) is 15.1. The Bertz CT molecular complexity index is 1020. The second kappa shape index (κ2) is 7.62. The summed E-state index contributed by atoms with van der Waals surface area (Å²) in [5, 5.41) is 0. The summed E-state index contributed by atoms with van der Waals surface area (Å²) in [6.45, 7) is 1.94. The third-order valence-corrected chi connectivity index (χ3v) is 4.39. The average Bonchev–Trinajstić information content (AvgIpc) is 3.14. The van der Waals surface area contributed by atoms with Crippen LogP contribution in [0.1, 0.15) is 43.8 Å². The number of pyridine rings is 1. The topological polar surface area (TPSA) is 74.7 Å². The smallest absolute Gasteiger partial charge is 0.343 e. The minimum absolute atomic E-state index is 0.214. The Morgan fingerprint density at radius 1 is 0.964 bits per heavy atom. The van der Waals surface area contributed by atoms with Gasteiger partial charge in [-0.3, -0.25) is 4.98 Å². The molecule has 1 unspecified atom stereocenters. The van der Waals surface area contributed by atoms with Gasteiger partial charge in [0.15, 0.2) is 5.75 Å². The number of hydrogen-bond acceptors (Lipinski definition) is 6. The molecule has 1 aliphatic rings. The number of nitrogens with zero attached hydrogens (tertiary/aromatic N) is 1. The summed E-state index contributed by atoms with van der Waals surface area (Å²) < 4.78 is 16.8. The molecule has 140 valence electrons. The molecule has 3 aromatic rings. The van der Waals surface area contributed by atoms with Gasteiger partial charge in [-0.2, -0.15) is 0 Å². The third kappa shape index (κ3) is 3.50. The number of benzene rings is 2. The van der Waals surface area contributed by atoms with Crippen LogP contribution in [0.15, 0.2) is 66.9 Å². The van der Waals surface area contributed by atoms with Gasteiger partial charge < -0.3 is 14.2 Å². The standard InChI is InChI=1S/C22H17NO5/c1-14-19(27-20(24)15-8-4-2-5-9-15)18-17(12-23-14)13-26-22(18)28-21(25)16-10-6-3-7-11-16/h2-12,22H,13H2,1H3. The summed E-state index contributed by atoms with van der Waals surface area (Å²) in [6.07, 6.45) is 0.670. The van der Waals surface area contributed by atoms with Gasteiger partial charge in [-0.05, 0) is 31.2 Å². The van der Waals surface area contributed by atoms with Crippen molar-refractivity contribution in [2.45, 2.75) is 19.8 Å². The molecule has 0 aliphatic carbocycles. The SMILES string of the molecule is Cc1ncc2c(c1OC(=O)c1ccccc1)C(OC(=O)c1ccccc1)OC2. The van der Waals surface area contributed by atoms with E-state index >= 15 is 0 Å². The predicted molar refractivity (Wildman–Crippen MR) is 99.8 cm³/mol. The van der Waals surface area contributed by atoms with Crippen molar-refractivity contribution in [3.63, 3.8) is 0 Å². The second-order valence-electron chi connectivity index (χ2n) is 6.28. The van der Waals surface area contributed by atoms with Gasteiger partial charge in [0.2, 0.25) is 6.29 Å². The lowest BCUT2D eigenvalue weighted by molar-refractivity contribution is -0.105. The van der Waals surface area contributed by atoms with Gasteiger partial charge in [-0.25, -0.2) is 9.59 Å². The fraction of sp³-hybridized carbons (Fsp3) is 0.136. The summed E-state index contributed by atoms with van der Waals surface area (Å²) in [7, 11) is 0. The Kier molecular flexibility index (Phi) is 4.87. The number of ether oxygens (including phenoxy) is 3. The highest BCUT2D eigenvalue weighted by atomic mass is 16.7. The van der Waals surface area contributed by atoms with Gasteiger partial charge in [0, 0.05) is 11.8 Å². The highest BCUT2D eigenvalue weighted by Gasteiger charge is 2.33. The molecule has 0 saturated carbocycles. The molecule has 1 atom stereocenters. The van der Waals surface area contributed by atoms with Crippen LogP contribution in [0.3, 0.4) is 0 Å². The number of esters is 2. The van der Waals surface area contributed by atoms with E-state index in [1.165, 1.54) is 0 Å². The fourth-order valence-corrected chi connectivity index (χ4v) is 2.95. The van der Waals surface area contributed by atoms with E-state index < -0.39 is 18.2 Å². The Balaban J connectivity index is 1.62. The van der Waals surface area contributed by atoms with Crippen molar-refractivity contribution in [1.29, 1.82) is 0 Å². The summed E-state index contributed by atoms with van der Waals surface area (Å²) >= 11 is 0. The number of carbonyl (C=O) groups excluding carboxylic acids is 2. The molecule has 0 radical (unpaired) electrons. The first-order chi connectivity index (χ1) is 13.6. The van der Waals surface area contributed by atoms with Crippen LogP contribution >= 0.6 is 0 Å². The van der Waals surface area contributed by atoms with Crippen molar-refractivity contribution in [3.05, 3.63) is 94.8 Å². The van der Waals surface area contributed by atoms with Gasteiger partial charge in [0.1, 0.15) is 0 Å². The molecule has 1 aliphatic heterocycles. The number of carbonyl (C=O) groups is 2. The quantitative estimate of drug-likeness (QED) is 0.642. The number of aromatic nitrogens is 1. The molecule has 0 bridgehead atoms. The summed E-state index contributed by atoms with van der Waals surface area (Å²) in [6, 6.07) is 17.3. The Hall–Kier alpha value is -3.51. The van der Waals surface area contributed by atoms with Crippen LogP contribution in [0.5, 0.6) is 5.75 Å². The minimum Gasteiger partial charge on any atom is -0.427 e. The number of aryl methyl sites for hydroxylation is 1. The molecule has 0 N–H and O–H groups in total. The lowest BCUT2D eigenvalue weighted by Gasteiger charge is -2.17. The van der Waals surface area contributed by atoms with Crippen molar-refractivity contribution in [2.24, 2.45) is 0 Å². The van der Waals surface area contributed by atoms with E-state index in [2.05, 4.69) is 4.98 Å². The molecule has 1 aromatic heterocycles. The first kappa shape index (κ1) is 17.9. The Morgan fingerprint density at radius 3 is 2.21 bits per heavy atom.